The maximum Gasteiger partial charge on any atom is 0.331 e. The predicted octanol–water partition coefficient (Wildman–Crippen LogP) is 3.13. The highest BCUT2D eigenvalue weighted by molar-refractivity contribution is 6.47. The minimum atomic E-state index is -0.685. The summed E-state index contributed by atoms with van der Waals surface area (Å²) in [4.78, 5) is 0. The van der Waals surface area contributed by atoms with Crippen molar-refractivity contribution < 1.29 is 14.2 Å². The van der Waals surface area contributed by atoms with Crippen molar-refractivity contribution >= 4 is 34.9 Å². The van der Waals surface area contributed by atoms with Gasteiger partial charge in [-0.15, -0.1) is 0 Å². The summed E-state index contributed by atoms with van der Waals surface area (Å²) in [5.41, 5.74) is 1.48. The van der Waals surface area contributed by atoms with Gasteiger partial charge >= 0.3 is 7.48 Å². The Balaban J connectivity index is 1.91. The second-order valence-corrected chi connectivity index (χ2v) is 6.72. The average molecular weight is 296 g/mol. The van der Waals surface area contributed by atoms with Gasteiger partial charge in [0, 0.05) is 24.6 Å². The van der Waals surface area contributed by atoms with E-state index < -0.39 is 11.2 Å². The van der Waals surface area contributed by atoms with E-state index in [4.69, 9.17) is 14.2 Å². The normalized spacial score (nSPS) is 13.0. The molecule has 1 radical (unpaired) electrons. The van der Waals surface area contributed by atoms with Crippen LogP contribution in [0, 0.1) is 0 Å². The Morgan fingerprint density at radius 1 is 0.955 bits per heavy atom. The van der Waals surface area contributed by atoms with Gasteiger partial charge in [-0.2, -0.15) is 0 Å². The molecule has 2 N–H and O–H groups in total. The van der Waals surface area contributed by atoms with Gasteiger partial charge in [0.1, 0.15) is 16.8 Å². The van der Waals surface area contributed by atoms with Crippen molar-refractivity contribution in [3.63, 3.8) is 0 Å². The van der Waals surface area contributed by atoms with Gasteiger partial charge in [0.05, 0.1) is 0 Å². The molecule has 3 aromatic rings. The fourth-order valence-corrected chi connectivity index (χ4v) is 2.18. The van der Waals surface area contributed by atoms with E-state index in [0.717, 1.165) is 27.4 Å². The molecule has 1 heterocycles. The first-order chi connectivity index (χ1) is 10.3. The van der Waals surface area contributed by atoms with Crippen LogP contribution in [-0.4, -0.2) is 23.8 Å². The Labute approximate surface area is 131 Å². The molecule has 0 fully saturated rings. The number of fused-ring (bicyclic) bond motifs is 3. The van der Waals surface area contributed by atoms with E-state index in [9.17, 15) is 0 Å². The first kappa shape index (κ1) is 15.1. The van der Waals surface area contributed by atoms with Crippen LogP contribution in [0.3, 0.4) is 0 Å². The van der Waals surface area contributed by atoms with Crippen LogP contribution in [0.1, 0.15) is 27.7 Å². The fourth-order valence-electron chi connectivity index (χ4n) is 2.18. The molecule has 0 atom stereocenters. The van der Waals surface area contributed by atoms with Gasteiger partial charge in [0.2, 0.25) is 0 Å². The smallest absolute Gasteiger partial charge is 0.331 e. The van der Waals surface area contributed by atoms with Crippen LogP contribution in [0.5, 0.6) is 0 Å². The molecular formula is C18H21BO3+. The van der Waals surface area contributed by atoms with Gasteiger partial charge in [-0.3, -0.25) is 0 Å². The maximum atomic E-state index is 8.15. The van der Waals surface area contributed by atoms with Crippen molar-refractivity contribution in [2.24, 2.45) is 0 Å². The zero-order valence-electron chi connectivity index (χ0n) is 13.4. The van der Waals surface area contributed by atoms with Crippen LogP contribution >= 0.6 is 0 Å². The maximum absolute atomic E-state index is 8.15. The van der Waals surface area contributed by atoms with Gasteiger partial charge < -0.3 is 14.2 Å². The van der Waals surface area contributed by atoms with Crippen LogP contribution in [0.2, 0.25) is 0 Å². The molecule has 0 spiro atoms. The summed E-state index contributed by atoms with van der Waals surface area (Å²) in [7, 11) is 1.73. The molecule has 0 bridgehead atoms. The third-order valence-corrected chi connectivity index (χ3v) is 4.40. The highest BCUT2D eigenvalue weighted by atomic mass is 16.5. The van der Waals surface area contributed by atoms with E-state index >= 15 is 0 Å². The predicted molar refractivity (Wildman–Crippen MR) is 92.0 cm³/mol. The summed E-state index contributed by atoms with van der Waals surface area (Å²) in [5.74, 6) is 0. The SMILES string of the molecule is CC(C)([OH2+])C(C)(C)O[B]c1ccc2oc3ccccc3c2c1. The molecule has 0 saturated carbocycles. The summed E-state index contributed by atoms with van der Waals surface area (Å²) in [6, 6.07) is 14.0. The molecule has 3 rings (SSSR count). The number of furan rings is 1. The highest BCUT2D eigenvalue weighted by Gasteiger charge is 2.40. The molecule has 0 aliphatic rings. The molecular weight excluding hydrogens is 275 g/mol. The summed E-state index contributed by atoms with van der Waals surface area (Å²) >= 11 is 0. The van der Waals surface area contributed by atoms with Gasteiger partial charge in [0.25, 0.3) is 0 Å². The molecule has 2 aromatic carbocycles. The number of benzene rings is 2. The molecule has 4 heteroatoms. The number of hydrogen-bond acceptors (Lipinski definition) is 2. The fraction of sp³-hybridized carbons (Fsp3) is 0.333. The first-order valence-electron chi connectivity index (χ1n) is 7.45. The van der Waals surface area contributed by atoms with Crippen molar-refractivity contribution in [3.05, 3.63) is 42.5 Å². The summed E-state index contributed by atoms with van der Waals surface area (Å²) < 4.78 is 11.7. The first-order valence-corrected chi connectivity index (χ1v) is 7.45. The largest absolute Gasteiger partial charge is 0.456 e. The molecule has 0 saturated heterocycles. The van der Waals surface area contributed by atoms with Crippen molar-refractivity contribution in [1.29, 1.82) is 0 Å². The lowest BCUT2D eigenvalue weighted by atomic mass is 9.82. The van der Waals surface area contributed by atoms with Crippen molar-refractivity contribution in [2.45, 2.75) is 38.9 Å². The second kappa shape index (κ2) is 5.15. The number of para-hydroxylation sites is 1. The van der Waals surface area contributed by atoms with Crippen LogP contribution in [-0.2, 0) is 4.65 Å². The van der Waals surface area contributed by atoms with E-state index in [2.05, 4.69) is 12.1 Å². The Hall–Kier alpha value is -1.78. The van der Waals surface area contributed by atoms with Crippen molar-refractivity contribution in [3.8, 4) is 0 Å². The summed E-state index contributed by atoms with van der Waals surface area (Å²) in [6.07, 6.45) is 0. The highest BCUT2D eigenvalue weighted by Crippen LogP contribution is 2.28. The molecule has 0 amide bonds. The minimum Gasteiger partial charge on any atom is -0.456 e. The summed E-state index contributed by atoms with van der Waals surface area (Å²) in [5, 5.41) is 10.3. The zero-order chi connectivity index (χ0) is 16.0. The molecule has 0 aliphatic carbocycles. The van der Waals surface area contributed by atoms with E-state index in [-0.39, 0.29) is 0 Å². The quantitative estimate of drug-likeness (QED) is 0.548. The van der Waals surface area contributed by atoms with E-state index in [0.29, 0.717) is 0 Å². The van der Waals surface area contributed by atoms with Crippen molar-refractivity contribution in [1.82, 2.24) is 0 Å². The van der Waals surface area contributed by atoms with Crippen LogP contribution in [0.15, 0.2) is 46.9 Å². The Bertz CT molecular complexity index is 812. The van der Waals surface area contributed by atoms with E-state index in [1.54, 1.807) is 7.48 Å². The van der Waals surface area contributed by atoms with E-state index in [1.807, 2.05) is 58.0 Å². The average Bonchev–Trinajstić information content (AvgIpc) is 2.82. The topological polar surface area (TPSA) is 45.3 Å². The molecule has 113 valence electrons. The van der Waals surface area contributed by atoms with Crippen LogP contribution in [0.25, 0.3) is 21.9 Å². The molecule has 22 heavy (non-hydrogen) atoms. The Kier molecular flexibility index (Phi) is 3.54. The molecule has 3 nitrogen and oxygen atoms in total. The zero-order valence-corrected chi connectivity index (χ0v) is 13.4. The van der Waals surface area contributed by atoms with Gasteiger partial charge in [-0.1, -0.05) is 35.8 Å². The standard InChI is InChI=1S/C18H20BO3/c1-17(2,20)18(3,4)22-19-12-9-10-16-14(11-12)13-7-5-6-8-15(13)21-16/h5-11,20H,1-4H3/p+1. The van der Waals surface area contributed by atoms with Crippen molar-refractivity contribution in [2.75, 3.05) is 0 Å². The third-order valence-electron chi connectivity index (χ3n) is 4.40. The molecule has 1 aromatic heterocycles. The second-order valence-electron chi connectivity index (χ2n) is 6.72. The van der Waals surface area contributed by atoms with Gasteiger partial charge in [-0.05, 0) is 26.0 Å². The third kappa shape index (κ3) is 2.64. The molecule has 0 unspecified atom stereocenters. The Morgan fingerprint density at radius 2 is 1.64 bits per heavy atom. The lowest BCUT2D eigenvalue weighted by molar-refractivity contribution is -0.0893. The van der Waals surface area contributed by atoms with Gasteiger partial charge in [-0.25, -0.2) is 0 Å². The Morgan fingerprint density at radius 3 is 2.36 bits per heavy atom. The minimum absolute atomic E-state index is 0.569. The number of hydrogen-bond donors (Lipinski definition) is 0. The van der Waals surface area contributed by atoms with Crippen LogP contribution in [0.4, 0.5) is 0 Å². The monoisotopic (exact) mass is 296 g/mol. The van der Waals surface area contributed by atoms with Gasteiger partial charge in [0.15, 0.2) is 5.60 Å². The summed E-state index contributed by atoms with van der Waals surface area (Å²) in [6.45, 7) is 7.58. The lowest BCUT2D eigenvalue weighted by Gasteiger charge is -2.33. The number of rotatable bonds is 4. The lowest BCUT2D eigenvalue weighted by Crippen LogP contribution is -2.49. The van der Waals surface area contributed by atoms with Crippen LogP contribution < -0.4 is 5.46 Å². The van der Waals surface area contributed by atoms with E-state index in [1.165, 1.54) is 0 Å². The molecule has 0 aliphatic heterocycles.